The Kier molecular flexibility index (Phi) is 14.6. The first-order valence-corrected chi connectivity index (χ1v) is 13.2. The van der Waals surface area contributed by atoms with E-state index in [2.05, 4.69) is 33.8 Å². The number of aryl methyl sites for hydroxylation is 1. The standard InChI is InChI=1S/C29H50O2/c1-5-6-7-8-9-10-11-12-13-14-15-16-17-18-19-20-21-25-24-26(29(2,3)4)22-23-27(25)28(30)31/h22-24H,5-21H2,1-4H3,(H,30,31). The summed E-state index contributed by atoms with van der Waals surface area (Å²) in [5.74, 6) is -0.799. The van der Waals surface area contributed by atoms with Gasteiger partial charge >= 0.3 is 5.97 Å². The van der Waals surface area contributed by atoms with Crippen LogP contribution < -0.4 is 0 Å². The molecule has 0 aliphatic heterocycles. The van der Waals surface area contributed by atoms with Gasteiger partial charge < -0.3 is 5.11 Å². The number of aromatic carboxylic acids is 1. The fourth-order valence-corrected chi connectivity index (χ4v) is 4.34. The number of carboxylic acid groups (broad SMARTS) is 1. The third kappa shape index (κ3) is 13.0. The molecule has 0 heterocycles. The van der Waals surface area contributed by atoms with Crippen LogP contribution in [0.25, 0.3) is 0 Å². The van der Waals surface area contributed by atoms with Crippen molar-refractivity contribution in [3.8, 4) is 0 Å². The molecule has 0 unspecified atom stereocenters. The van der Waals surface area contributed by atoms with Gasteiger partial charge in [-0.1, -0.05) is 136 Å². The van der Waals surface area contributed by atoms with Crippen LogP contribution in [-0.2, 0) is 11.8 Å². The summed E-state index contributed by atoms with van der Waals surface area (Å²) in [5.41, 5.74) is 2.77. The summed E-state index contributed by atoms with van der Waals surface area (Å²) in [4.78, 5) is 11.6. The molecule has 0 fully saturated rings. The first kappa shape index (κ1) is 27.7. The second kappa shape index (κ2) is 16.3. The second-order valence-corrected chi connectivity index (χ2v) is 10.5. The number of hydrogen-bond acceptors (Lipinski definition) is 1. The summed E-state index contributed by atoms with van der Waals surface area (Å²) >= 11 is 0. The van der Waals surface area contributed by atoms with Crippen molar-refractivity contribution in [1.82, 2.24) is 0 Å². The second-order valence-electron chi connectivity index (χ2n) is 10.5. The molecule has 0 aliphatic carbocycles. The molecule has 0 saturated heterocycles. The van der Waals surface area contributed by atoms with Crippen molar-refractivity contribution in [2.24, 2.45) is 0 Å². The Balaban J connectivity index is 2.07. The van der Waals surface area contributed by atoms with Crippen LogP contribution in [0.2, 0.25) is 0 Å². The molecule has 2 nitrogen and oxygen atoms in total. The van der Waals surface area contributed by atoms with Crippen LogP contribution in [0.15, 0.2) is 18.2 Å². The van der Waals surface area contributed by atoms with Crippen molar-refractivity contribution in [3.63, 3.8) is 0 Å². The lowest BCUT2D eigenvalue weighted by atomic mass is 9.84. The third-order valence-electron chi connectivity index (χ3n) is 6.50. The Morgan fingerprint density at radius 3 is 1.52 bits per heavy atom. The molecular formula is C29H50O2. The van der Waals surface area contributed by atoms with Gasteiger partial charge in [0, 0.05) is 0 Å². The number of benzene rings is 1. The molecule has 1 aromatic rings. The van der Waals surface area contributed by atoms with Gasteiger partial charge in [-0.15, -0.1) is 0 Å². The molecule has 2 heteroatoms. The molecule has 0 atom stereocenters. The summed E-state index contributed by atoms with van der Waals surface area (Å²) in [6.45, 7) is 8.83. The molecule has 0 saturated carbocycles. The highest BCUT2D eigenvalue weighted by Gasteiger charge is 2.17. The summed E-state index contributed by atoms with van der Waals surface area (Å²) in [6, 6.07) is 5.89. The Morgan fingerprint density at radius 2 is 1.13 bits per heavy atom. The molecule has 0 aliphatic rings. The Hall–Kier alpha value is -1.31. The monoisotopic (exact) mass is 430 g/mol. The minimum Gasteiger partial charge on any atom is -0.478 e. The Labute approximate surface area is 193 Å². The van der Waals surface area contributed by atoms with Crippen LogP contribution in [0, 0.1) is 0 Å². The van der Waals surface area contributed by atoms with E-state index in [1.807, 2.05) is 6.07 Å². The van der Waals surface area contributed by atoms with Gasteiger partial charge in [-0.3, -0.25) is 0 Å². The molecular weight excluding hydrogens is 380 g/mol. The van der Waals surface area contributed by atoms with E-state index in [0.717, 1.165) is 18.4 Å². The van der Waals surface area contributed by atoms with Gasteiger partial charge in [0.1, 0.15) is 0 Å². The molecule has 1 N–H and O–H groups in total. The van der Waals surface area contributed by atoms with E-state index in [-0.39, 0.29) is 5.41 Å². The normalized spacial score (nSPS) is 11.7. The van der Waals surface area contributed by atoms with E-state index in [1.165, 1.54) is 102 Å². The summed E-state index contributed by atoms with van der Waals surface area (Å²) in [7, 11) is 0. The highest BCUT2D eigenvalue weighted by atomic mass is 16.4. The fourth-order valence-electron chi connectivity index (χ4n) is 4.34. The molecule has 0 aromatic heterocycles. The lowest BCUT2D eigenvalue weighted by Crippen LogP contribution is -2.13. The minimum absolute atomic E-state index is 0.0560. The average Bonchev–Trinajstić information content (AvgIpc) is 2.72. The molecule has 0 radical (unpaired) electrons. The molecule has 1 rings (SSSR count). The van der Waals surface area contributed by atoms with E-state index in [9.17, 15) is 9.90 Å². The van der Waals surface area contributed by atoms with Crippen molar-refractivity contribution in [2.75, 3.05) is 0 Å². The topological polar surface area (TPSA) is 37.3 Å². The van der Waals surface area contributed by atoms with E-state index < -0.39 is 5.97 Å². The van der Waals surface area contributed by atoms with Crippen LogP contribution >= 0.6 is 0 Å². The first-order valence-electron chi connectivity index (χ1n) is 13.2. The minimum atomic E-state index is -0.799. The highest BCUT2D eigenvalue weighted by molar-refractivity contribution is 5.89. The zero-order valence-corrected chi connectivity index (χ0v) is 21.1. The molecule has 0 amide bonds. The van der Waals surface area contributed by atoms with Gasteiger partial charge in [0.25, 0.3) is 0 Å². The SMILES string of the molecule is CCCCCCCCCCCCCCCCCCc1cc(C(C)(C)C)ccc1C(=O)O. The quantitative estimate of drug-likeness (QED) is 0.235. The average molecular weight is 431 g/mol. The molecule has 1 aromatic carbocycles. The van der Waals surface area contributed by atoms with Crippen LogP contribution in [0.5, 0.6) is 0 Å². The number of rotatable bonds is 18. The van der Waals surface area contributed by atoms with Gasteiger partial charge in [-0.05, 0) is 35.4 Å². The molecule has 0 spiro atoms. The van der Waals surface area contributed by atoms with Crippen molar-refractivity contribution in [1.29, 1.82) is 0 Å². The maximum Gasteiger partial charge on any atom is 0.335 e. The predicted octanol–water partition coefficient (Wildman–Crippen LogP) is 9.49. The van der Waals surface area contributed by atoms with E-state index >= 15 is 0 Å². The summed E-state index contributed by atoms with van der Waals surface area (Å²) in [6.07, 6.45) is 22.7. The van der Waals surface area contributed by atoms with Crippen LogP contribution in [-0.4, -0.2) is 11.1 Å². The van der Waals surface area contributed by atoms with Crippen LogP contribution in [0.1, 0.15) is 152 Å². The van der Waals surface area contributed by atoms with Gasteiger partial charge in [0.15, 0.2) is 0 Å². The zero-order chi connectivity index (χ0) is 23.0. The van der Waals surface area contributed by atoms with Gasteiger partial charge in [0.2, 0.25) is 0 Å². The number of carboxylic acids is 1. The largest absolute Gasteiger partial charge is 0.478 e. The lowest BCUT2D eigenvalue weighted by molar-refractivity contribution is 0.0695. The van der Waals surface area contributed by atoms with Crippen molar-refractivity contribution in [3.05, 3.63) is 34.9 Å². The van der Waals surface area contributed by atoms with Crippen LogP contribution in [0.3, 0.4) is 0 Å². The third-order valence-corrected chi connectivity index (χ3v) is 6.50. The first-order chi connectivity index (χ1) is 14.9. The number of hydrogen-bond donors (Lipinski definition) is 1. The lowest BCUT2D eigenvalue weighted by Gasteiger charge is -2.20. The zero-order valence-electron chi connectivity index (χ0n) is 21.1. The van der Waals surface area contributed by atoms with Crippen molar-refractivity contribution in [2.45, 2.75) is 142 Å². The maximum atomic E-state index is 11.6. The Morgan fingerprint density at radius 1 is 0.710 bits per heavy atom. The maximum absolute atomic E-state index is 11.6. The number of carbonyl (C=O) groups is 1. The molecule has 178 valence electrons. The smallest absolute Gasteiger partial charge is 0.335 e. The summed E-state index contributed by atoms with van der Waals surface area (Å²) in [5, 5.41) is 9.49. The number of unbranched alkanes of at least 4 members (excludes halogenated alkanes) is 15. The molecule has 0 bridgehead atoms. The Bertz CT molecular complexity index is 597. The van der Waals surface area contributed by atoms with E-state index in [1.54, 1.807) is 6.07 Å². The molecule has 31 heavy (non-hydrogen) atoms. The van der Waals surface area contributed by atoms with Gasteiger partial charge in [-0.25, -0.2) is 4.79 Å². The van der Waals surface area contributed by atoms with Gasteiger partial charge in [0.05, 0.1) is 5.56 Å². The van der Waals surface area contributed by atoms with Crippen molar-refractivity contribution >= 4 is 5.97 Å². The van der Waals surface area contributed by atoms with E-state index in [0.29, 0.717) is 5.56 Å². The summed E-state index contributed by atoms with van der Waals surface area (Å²) < 4.78 is 0. The predicted molar refractivity (Wildman–Crippen MR) is 135 cm³/mol. The van der Waals surface area contributed by atoms with Gasteiger partial charge in [-0.2, -0.15) is 0 Å². The van der Waals surface area contributed by atoms with E-state index in [4.69, 9.17) is 0 Å². The fraction of sp³-hybridized carbons (Fsp3) is 0.759. The van der Waals surface area contributed by atoms with Crippen LogP contribution in [0.4, 0.5) is 0 Å². The van der Waals surface area contributed by atoms with Crippen molar-refractivity contribution < 1.29 is 9.90 Å². The highest BCUT2D eigenvalue weighted by Crippen LogP contribution is 2.26.